The Bertz CT molecular complexity index is 378. The minimum Gasteiger partial charge on any atom is -0.378 e. The number of nitrogens with one attached hydrogen (secondary N) is 1. The summed E-state index contributed by atoms with van der Waals surface area (Å²) in [6.07, 6.45) is 5.26. The molecule has 1 N–H and O–H groups in total. The zero-order valence-corrected chi connectivity index (χ0v) is 9.28. The van der Waals surface area contributed by atoms with Crippen molar-refractivity contribution in [3.05, 3.63) is 24.3 Å². The van der Waals surface area contributed by atoms with Gasteiger partial charge in [0, 0.05) is 13.1 Å². The molecule has 1 fully saturated rings. The number of ether oxygens (including phenoxy) is 1. The van der Waals surface area contributed by atoms with E-state index in [0.29, 0.717) is 6.54 Å². The standard InChI is InChI=1S/C13H16N2O/c1-2-7-14-12-5-3-4-6-13(12)15-8-10-16-11-9-15/h1,3-6,14H,7-11H2. The summed E-state index contributed by atoms with van der Waals surface area (Å²) in [5.41, 5.74) is 2.31. The predicted molar refractivity (Wildman–Crippen MR) is 66.8 cm³/mol. The first-order valence-corrected chi connectivity index (χ1v) is 5.51. The van der Waals surface area contributed by atoms with E-state index in [1.165, 1.54) is 5.69 Å². The minimum absolute atomic E-state index is 0.557. The molecule has 0 radical (unpaired) electrons. The van der Waals surface area contributed by atoms with E-state index in [1.54, 1.807) is 0 Å². The van der Waals surface area contributed by atoms with Crippen LogP contribution < -0.4 is 10.2 Å². The van der Waals surface area contributed by atoms with Crippen LogP contribution in [0.2, 0.25) is 0 Å². The van der Waals surface area contributed by atoms with Crippen LogP contribution >= 0.6 is 0 Å². The summed E-state index contributed by atoms with van der Waals surface area (Å²) in [4.78, 5) is 2.32. The number of morpholine rings is 1. The molecule has 0 unspecified atom stereocenters. The Labute approximate surface area is 96.4 Å². The number of para-hydroxylation sites is 2. The molecule has 0 aromatic heterocycles. The maximum absolute atomic E-state index is 5.35. The fourth-order valence-corrected chi connectivity index (χ4v) is 1.85. The van der Waals surface area contributed by atoms with Gasteiger partial charge in [-0.3, -0.25) is 0 Å². The van der Waals surface area contributed by atoms with Gasteiger partial charge in [0.05, 0.1) is 31.1 Å². The highest BCUT2D eigenvalue weighted by molar-refractivity contribution is 5.70. The zero-order chi connectivity index (χ0) is 11.2. The minimum atomic E-state index is 0.557. The van der Waals surface area contributed by atoms with Gasteiger partial charge in [-0.25, -0.2) is 0 Å². The van der Waals surface area contributed by atoms with E-state index in [-0.39, 0.29) is 0 Å². The number of rotatable bonds is 3. The van der Waals surface area contributed by atoms with Crippen molar-refractivity contribution in [1.29, 1.82) is 0 Å². The lowest BCUT2D eigenvalue weighted by molar-refractivity contribution is 0.123. The van der Waals surface area contributed by atoms with E-state index >= 15 is 0 Å². The van der Waals surface area contributed by atoms with Crippen molar-refractivity contribution in [2.24, 2.45) is 0 Å². The van der Waals surface area contributed by atoms with Crippen LogP contribution in [-0.4, -0.2) is 32.8 Å². The average molecular weight is 216 g/mol. The van der Waals surface area contributed by atoms with Crippen LogP contribution in [0.15, 0.2) is 24.3 Å². The highest BCUT2D eigenvalue weighted by Crippen LogP contribution is 2.25. The molecule has 0 spiro atoms. The summed E-state index contributed by atoms with van der Waals surface area (Å²) in [5.74, 6) is 2.59. The molecule has 0 aliphatic carbocycles. The van der Waals surface area contributed by atoms with Crippen molar-refractivity contribution in [2.45, 2.75) is 0 Å². The maximum atomic E-state index is 5.35. The highest BCUT2D eigenvalue weighted by atomic mass is 16.5. The van der Waals surface area contributed by atoms with Gasteiger partial charge < -0.3 is 15.0 Å². The Morgan fingerprint density at radius 2 is 2.06 bits per heavy atom. The molecule has 3 nitrogen and oxygen atoms in total. The van der Waals surface area contributed by atoms with Gasteiger partial charge in [0.25, 0.3) is 0 Å². The second-order valence-electron chi connectivity index (χ2n) is 3.67. The second-order valence-corrected chi connectivity index (χ2v) is 3.67. The number of anilines is 2. The summed E-state index contributed by atoms with van der Waals surface area (Å²) in [6, 6.07) is 8.24. The molecule has 1 aromatic carbocycles. The van der Waals surface area contributed by atoms with Crippen LogP contribution in [0.1, 0.15) is 0 Å². The first kappa shape index (κ1) is 10.8. The van der Waals surface area contributed by atoms with Gasteiger partial charge in [-0.2, -0.15) is 0 Å². The summed E-state index contributed by atoms with van der Waals surface area (Å²) < 4.78 is 5.35. The Balaban J connectivity index is 2.14. The van der Waals surface area contributed by atoms with Crippen LogP contribution in [0.3, 0.4) is 0 Å². The number of benzene rings is 1. The molecule has 1 aromatic rings. The monoisotopic (exact) mass is 216 g/mol. The molecule has 3 heteroatoms. The molecule has 1 aliphatic rings. The number of terminal acetylenes is 1. The van der Waals surface area contributed by atoms with Crippen molar-refractivity contribution in [3.63, 3.8) is 0 Å². The number of hydrogen-bond acceptors (Lipinski definition) is 3. The maximum Gasteiger partial charge on any atom is 0.0764 e. The molecule has 0 amide bonds. The molecule has 0 bridgehead atoms. The lowest BCUT2D eigenvalue weighted by Crippen LogP contribution is -2.36. The third kappa shape index (κ3) is 2.47. The normalized spacial score (nSPS) is 15.6. The first-order chi connectivity index (χ1) is 7.92. The third-order valence-electron chi connectivity index (χ3n) is 2.64. The lowest BCUT2D eigenvalue weighted by atomic mass is 10.2. The fourth-order valence-electron chi connectivity index (χ4n) is 1.85. The molecular weight excluding hydrogens is 200 g/mol. The highest BCUT2D eigenvalue weighted by Gasteiger charge is 2.13. The smallest absolute Gasteiger partial charge is 0.0764 e. The van der Waals surface area contributed by atoms with Crippen molar-refractivity contribution in [1.82, 2.24) is 0 Å². The van der Waals surface area contributed by atoms with Crippen molar-refractivity contribution in [2.75, 3.05) is 43.1 Å². The Hall–Kier alpha value is -1.66. The average Bonchev–Trinajstić information content (AvgIpc) is 2.38. The molecule has 0 saturated carbocycles. The van der Waals surface area contributed by atoms with Gasteiger partial charge in [-0.1, -0.05) is 18.1 Å². The number of nitrogens with zero attached hydrogens (tertiary/aromatic N) is 1. The molecular formula is C13H16N2O. The topological polar surface area (TPSA) is 24.5 Å². The molecule has 0 atom stereocenters. The molecule has 1 aliphatic heterocycles. The van der Waals surface area contributed by atoms with Gasteiger partial charge in [-0.15, -0.1) is 6.42 Å². The number of hydrogen-bond donors (Lipinski definition) is 1. The summed E-state index contributed by atoms with van der Waals surface area (Å²) in [5, 5.41) is 3.24. The van der Waals surface area contributed by atoms with Crippen LogP contribution in [0.25, 0.3) is 0 Å². The van der Waals surface area contributed by atoms with E-state index in [2.05, 4.69) is 28.3 Å². The largest absolute Gasteiger partial charge is 0.378 e. The van der Waals surface area contributed by atoms with E-state index in [1.807, 2.05) is 12.1 Å². The van der Waals surface area contributed by atoms with Crippen LogP contribution in [-0.2, 0) is 4.74 Å². The lowest BCUT2D eigenvalue weighted by Gasteiger charge is -2.30. The van der Waals surface area contributed by atoms with Crippen molar-refractivity contribution in [3.8, 4) is 12.3 Å². The SMILES string of the molecule is C#CCNc1ccccc1N1CCOCC1. The second kappa shape index (κ2) is 5.43. The third-order valence-corrected chi connectivity index (χ3v) is 2.64. The van der Waals surface area contributed by atoms with Crippen LogP contribution in [0.4, 0.5) is 11.4 Å². The Morgan fingerprint density at radius 3 is 2.81 bits per heavy atom. The van der Waals surface area contributed by atoms with Gasteiger partial charge in [0.1, 0.15) is 0 Å². The Kier molecular flexibility index (Phi) is 3.68. The summed E-state index contributed by atoms with van der Waals surface area (Å²) in [7, 11) is 0. The van der Waals surface area contributed by atoms with E-state index in [4.69, 9.17) is 11.2 Å². The fraction of sp³-hybridized carbons (Fsp3) is 0.385. The quantitative estimate of drug-likeness (QED) is 0.776. The van der Waals surface area contributed by atoms with Crippen molar-refractivity contribution >= 4 is 11.4 Å². The predicted octanol–water partition coefficient (Wildman–Crippen LogP) is 1.57. The van der Waals surface area contributed by atoms with Gasteiger partial charge in [-0.05, 0) is 12.1 Å². The summed E-state index contributed by atoms with van der Waals surface area (Å²) >= 11 is 0. The van der Waals surface area contributed by atoms with Crippen LogP contribution in [0, 0.1) is 12.3 Å². The zero-order valence-electron chi connectivity index (χ0n) is 9.28. The molecule has 16 heavy (non-hydrogen) atoms. The van der Waals surface area contributed by atoms with Crippen LogP contribution in [0.5, 0.6) is 0 Å². The molecule has 84 valence electrons. The van der Waals surface area contributed by atoms with E-state index in [9.17, 15) is 0 Å². The van der Waals surface area contributed by atoms with Gasteiger partial charge in [0.2, 0.25) is 0 Å². The molecule has 1 heterocycles. The van der Waals surface area contributed by atoms with E-state index < -0.39 is 0 Å². The van der Waals surface area contributed by atoms with Gasteiger partial charge in [0.15, 0.2) is 0 Å². The molecule has 2 rings (SSSR count). The Morgan fingerprint density at radius 1 is 1.31 bits per heavy atom. The summed E-state index contributed by atoms with van der Waals surface area (Å²) in [6.45, 7) is 4.03. The van der Waals surface area contributed by atoms with Gasteiger partial charge >= 0.3 is 0 Å². The van der Waals surface area contributed by atoms with E-state index in [0.717, 1.165) is 32.0 Å². The molecule has 1 saturated heterocycles. The van der Waals surface area contributed by atoms with Crippen molar-refractivity contribution < 1.29 is 4.74 Å². The first-order valence-electron chi connectivity index (χ1n) is 5.51.